The van der Waals surface area contributed by atoms with Crippen molar-refractivity contribution in [2.45, 2.75) is 19.4 Å². The topological polar surface area (TPSA) is 66.0 Å². The van der Waals surface area contributed by atoms with Gasteiger partial charge < -0.3 is 10.1 Å². The zero-order chi connectivity index (χ0) is 16.8. The Morgan fingerprint density at radius 1 is 1.04 bits per heavy atom. The molecule has 0 spiro atoms. The van der Waals surface area contributed by atoms with Gasteiger partial charge in [0, 0.05) is 5.56 Å². The van der Waals surface area contributed by atoms with E-state index in [1.807, 2.05) is 0 Å². The molecule has 2 N–H and O–H groups in total. The fourth-order valence-corrected chi connectivity index (χ4v) is 2.35. The smallest absolute Gasteiger partial charge is 0.262 e. The number of hydrogen-bond donors (Lipinski definition) is 2. The third-order valence-electron chi connectivity index (χ3n) is 3.63. The SMILES string of the molecule is CC(C)(O)c1ccc(-c2nc3c(F)ccc(F)c3c(=O)[nH]2)cc1. The zero-order valence-corrected chi connectivity index (χ0v) is 12.5. The van der Waals surface area contributed by atoms with Crippen LogP contribution in [0.5, 0.6) is 0 Å². The minimum Gasteiger partial charge on any atom is -0.386 e. The quantitative estimate of drug-likeness (QED) is 0.763. The van der Waals surface area contributed by atoms with Gasteiger partial charge in [-0.1, -0.05) is 24.3 Å². The third kappa shape index (κ3) is 2.73. The molecule has 0 aliphatic heterocycles. The highest BCUT2D eigenvalue weighted by Crippen LogP contribution is 2.24. The summed E-state index contributed by atoms with van der Waals surface area (Å²) >= 11 is 0. The van der Waals surface area contributed by atoms with Gasteiger partial charge in [0.25, 0.3) is 5.56 Å². The summed E-state index contributed by atoms with van der Waals surface area (Å²) in [5.41, 5.74) is -0.844. The average Bonchev–Trinajstić information content (AvgIpc) is 2.50. The maximum Gasteiger partial charge on any atom is 0.262 e. The van der Waals surface area contributed by atoms with E-state index in [1.165, 1.54) is 0 Å². The van der Waals surface area contributed by atoms with Gasteiger partial charge in [0.15, 0.2) is 0 Å². The molecule has 0 unspecified atom stereocenters. The van der Waals surface area contributed by atoms with Crippen LogP contribution in [0.15, 0.2) is 41.2 Å². The molecule has 3 rings (SSSR count). The Hall–Kier alpha value is -2.60. The lowest BCUT2D eigenvalue weighted by molar-refractivity contribution is 0.0786. The van der Waals surface area contributed by atoms with Gasteiger partial charge in [-0.15, -0.1) is 0 Å². The molecule has 2 aromatic carbocycles. The number of aromatic amines is 1. The largest absolute Gasteiger partial charge is 0.386 e. The number of fused-ring (bicyclic) bond motifs is 1. The number of H-pyrrole nitrogens is 1. The minimum absolute atomic E-state index is 0.134. The van der Waals surface area contributed by atoms with Gasteiger partial charge in [0.05, 0.1) is 5.60 Å². The lowest BCUT2D eigenvalue weighted by Gasteiger charge is -2.17. The third-order valence-corrected chi connectivity index (χ3v) is 3.63. The molecule has 6 heteroatoms. The summed E-state index contributed by atoms with van der Waals surface area (Å²) in [6.45, 7) is 3.30. The van der Waals surface area contributed by atoms with Crippen molar-refractivity contribution in [1.82, 2.24) is 9.97 Å². The van der Waals surface area contributed by atoms with Crippen molar-refractivity contribution in [3.63, 3.8) is 0 Å². The predicted molar refractivity (Wildman–Crippen MR) is 83.0 cm³/mol. The zero-order valence-electron chi connectivity index (χ0n) is 12.5. The van der Waals surface area contributed by atoms with E-state index in [4.69, 9.17) is 0 Å². The number of nitrogens with one attached hydrogen (secondary N) is 1. The maximum absolute atomic E-state index is 13.8. The normalized spacial score (nSPS) is 11.9. The number of hydrogen-bond acceptors (Lipinski definition) is 3. The monoisotopic (exact) mass is 316 g/mol. The van der Waals surface area contributed by atoms with Crippen LogP contribution in [0.1, 0.15) is 19.4 Å². The summed E-state index contributed by atoms with van der Waals surface area (Å²) in [4.78, 5) is 18.5. The Kier molecular flexibility index (Phi) is 3.49. The van der Waals surface area contributed by atoms with Crippen LogP contribution in [0, 0.1) is 11.6 Å². The number of aliphatic hydroxyl groups is 1. The van der Waals surface area contributed by atoms with Gasteiger partial charge in [-0.05, 0) is 31.5 Å². The first-order valence-corrected chi connectivity index (χ1v) is 6.98. The Morgan fingerprint density at radius 2 is 1.65 bits per heavy atom. The Labute approximate surface area is 130 Å². The molecule has 0 atom stereocenters. The highest BCUT2D eigenvalue weighted by atomic mass is 19.1. The molecule has 0 saturated carbocycles. The molecule has 0 aliphatic rings. The second kappa shape index (κ2) is 5.24. The van der Waals surface area contributed by atoms with Crippen molar-refractivity contribution in [2.75, 3.05) is 0 Å². The highest BCUT2D eigenvalue weighted by molar-refractivity contribution is 5.80. The lowest BCUT2D eigenvalue weighted by Crippen LogP contribution is -2.15. The summed E-state index contributed by atoms with van der Waals surface area (Å²) in [5, 5.41) is 9.54. The van der Waals surface area contributed by atoms with Crippen molar-refractivity contribution >= 4 is 10.9 Å². The summed E-state index contributed by atoms with van der Waals surface area (Å²) in [7, 11) is 0. The van der Waals surface area contributed by atoms with Crippen molar-refractivity contribution in [2.24, 2.45) is 0 Å². The van der Waals surface area contributed by atoms with Crippen LogP contribution in [0.3, 0.4) is 0 Å². The predicted octanol–water partition coefficient (Wildman–Crippen LogP) is 3.10. The molecule has 0 aliphatic carbocycles. The number of rotatable bonds is 2. The number of halogens is 2. The van der Waals surface area contributed by atoms with E-state index in [9.17, 15) is 18.7 Å². The molecule has 0 radical (unpaired) electrons. The standard InChI is InChI=1S/C17H14F2N2O2/c1-17(2,23)10-5-3-9(4-6-10)15-20-14-12(19)8-7-11(18)13(14)16(22)21-15/h3-8,23H,1-2H3,(H,20,21,22). The van der Waals surface area contributed by atoms with Crippen LogP contribution in [0.25, 0.3) is 22.3 Å². The van der Waals surface area contributed by atoms with Crippen LogP contribution >= 0.6 is 0 Å². The molecule has 4 nitrogen and oxygen atoms in total. The molecular formula is C17H14F2N2O2. The van der Waals surface area contributed by atoms with Gasteiger partial charge in [0.1, 0.15) is 28.4 Å². The second-order valence-electron chi connectivity index (χ2n) is 5.80. The summed E-state index contributed by atoms with van der Waals surface area (Å²) in [5.74, 6) is -1.45. The number of aromatic nitrogens is 2. The molecule has 23 heavy (non-hydrogen) atoms. The molecule has 0 amide bonds. The van der Waals surface area contributed by atoms with E-state index >= 15 is 0 Å². The summed E-state index contributed by atoms with van der Waals surface area (Å²) in [6.07, 6.45) is 0. The first-order chi connectivity index (χ1) is 10.8. The van der Waals surface area contributed by atoms with Gasteiger partial charge in [-0.3, -0.25) is 4.79 Å². The van der Waals surface area contributed by atoms with Crippen molar-refractivity contribution < 1.29 is 13.9 Å². The van der Waals surface area contributed by atoms with E-state index < -0.39 is 28.2 Å². The van der Waals surface area contributed by atoms with Crippen LogP contribution in [-0.4, -0.2) is 15.1 Å². The van der Waals surface area contributed by atoms with Crippen LogP contribution in [0.2, 0.25) is 0 Å². The first-order valence-electron chi connectivity index (χ1n) is 6.98. The van der Waals surface area contributed by atoms with Gasteiger partial charge in [0.2, 0.25) is 0 Å². The number of nitrogens with zero attached hydrogens (tertiary/aromatic N) is 1. The van der Waals surface area contributed by atoms with Crippen LogP contribution in [-0.2, 0) is 5.60 Å². The lowest BCUT2D eigenvalue weighted by atomic mass is 9.97. The molecule has 0 fully saturated rings. The molecule has 118 valence electrons. The first kappa shape index (κ1) is 15.3. The molecule has 1 aromatic heterocycles. The molecule has 0 bridgehead atoms. The summed E-state index contributed by atoms with van der Waals surface area (Å²) in [6, 6.07) is 8.49. The van der Waals surface area contributed by atoms with Crippen LogP contribution in [0.4, 0.5) is 8.78 Å². The molecular weight excluding hydrogens is 302 g/mol. The van der Waals surface area contributed by atoms with Crippen molar-refractivity contribution in [3.8, 4) is 11.4 Å². The molecule has 3 aromatic rings. The maximum atomic E-state index is 13.8. The highest BCUT2D eigenvalue weighted by Gasteiger charge is 2.17. The van der Waals surface area contributed by atoms with Gasteiger partial charge >= 0.3 is 0 Å². The fourth-order valence-electron chi connectivity index (χ4n) is 2.35. The Morgan fingerprint density at radius 3 is 2.26 bits per heavy atom. The number of benzene rings is 2. The average molecular weight is 316 g/mol. The molecule has 1 heterocycles. The van der Waals surface area contributed by atoms with E-state index in [-0.39, 0.29) is 11.3 Å². The van der Waals surface area contributed by atoms with E-state index in [2.05, 4.69) is 9.97 Å². The van der Waals surface area contributed by atoms with Gasteiger partial charge in [-0.2, -0.15) is 0 Å². The second-order valence-corrected chi connectivity index (χ2v) is 5.80. The van der Waals surface area contributed by atoms with E-state index in [1.54, 1.807) is 38.1 Å². The van der Waals surface area contributed by atoms with E-state index in [0.29, 0.717) is 11.1 Å². The Bertz CT molecular complexity index is 942. The van der Waals surface area contributed by atoms with Gasteiger partial charge in [-0.25, -0.2) is 13.8 Å². The van der Waals surface area contributed by atoms with E-state index in [0.717, 1.165) is 12.1 Å². The van der Waals surface area contributed by atoms with Crippen molar-refractivity contribution in [1.29, 1.82) is 0 Å². The fraction of sp³-hybridized carbons (Fsp3) is 0.176. The minimum atomic E-state index is -1.00. The van der Waals surface area contributed by atoms with Crippen LogP contribution < -0.4 is 5.56 Å². The Balaban J connectivity index is 2.18. The van der Waals surface area contributed by atoms with Crippen molar-refractivity contribution in [3.05, 3.63) is 63.9 Å². The molecule has 0 saturated heterocycles. The summed E-state index contributed by atoms with van der Waals surface area (Å²) < 4.78 is 27.5.